The van der Waals surface area contributed by atoms with Gasteiger partial charge in [0, 0.05) is 25.0 Å². The molecule has 4 nitrogen and oxygen atoms in total. The molecule has 2 aromatic rings. The number of carbonyl (C=O) groups is 1. The Labute approximate surface area is 109 Å². The summed E-state index contributed by atoms with van der Waals surface area (Å²) in [4.78, 5) is 15.7. The van der Waals surface area contributed by atoms with Crippen LogP contribution in [0, 0.1) is 5.82 Å². The van der Waals surface area contributed by atoms with E-state index < -0.39 is 11.7 Å². The van der Waals surface area contributed by atoms with Crippen molar-refractivity contribution in [1.29, 1.82) is 0 Å². The highest BCUT2D eigenvalue weighted by Crippen LogP contribution is 2.17. The molecule has 2 rings (SSSR count). The third kappa shape index (κ3) is 3.51. The number of phenols is 1. The number of aromatic nitrogens is 1. The molecule has 0 fully saturated rings. The van der Waals surface area contributed by atoms with Crippen LogP contribution in [0.25, 0.3) is 0 Å². The first-order valence-electron chi connectivity index (χ1n) is 5.82. The third-order valence-corrected chi connectivity index (χ3v) is 2.65. The first-order valence-corrected chi connectivity index (χ1v) is 5.82. The molecule has 0 saturated carbocycles. The van der Waals surface area contributed by atoms with Crippen molar-refractivity contribution in [3.63, 3.8) is 0 Å². The first-order chi connectivity index (χ1) is 9.16. The van der Waals surface area contributed by atoms with E-state index >= 15 is 0 Å². The first kappa shape index (κ1) is 13.0. The van der Waals surface area contributed by atoms with Crippen LogP contribution in [0.1, 0.15) is 15.9 Å². The Morgan fingerprint density at radius 3 is 2.68 bits per heavy atom. The van der Waals surface area contributed by atoms with Crippen LogP contribution in [0.2, 0.25) is 0 Å². The van der Waals surface area contributed by atoms with E-state index in [1.54, 1.807) is 12.4 Å². The highest BCUT2D eigenvalue weighted by atomic mass is 19.1. The number of carbonyl (C=O) groups excluding carboxylic acids is 1. The van der Waals surface area contributed by atoms with Crippen molar-refractivity contribution in [3.05, 3.63) is 59.7 Å². The van der Waals surface area contributed by atoms with E-state index in [0.29, 0.717) is 13.0 Å². The van der Waals surface area contributed by atoms with Gasteiger partial charge in [-0.1, -0.05) is 0 Å². The zero-order valence-corrected chi connectivity index (χ0v) is 10.1. The van der Waals surface area contributed by atoms with E-state index in [1.165, 1.54) is 6.07 Å². The van der Waals surface area contributed by atoms with Gasteiger partial charge in [0.25, 0.3) is 5.91 Å². The van der Waals surface area contributed by atoms with Gasteiger partial charge in [0.1, 0.15) is 11.6 Å². The van der Waals surface area contributed by atoms with Gasteiger partial charge in [0.15, 0.2) is 0 Å². The Hall–Kier alpha value is -2.43. The molecule has 2 N–H and O–H groups in total. The van der Waals surface area contributed by atoms with Gasteiger partial charge in [-0.05, 0) is 36.2 Å². The molecule has 1 heterocycles. The number of phenolic OH excluding ortho intramolecular Hbond substituents is 1. The fourth-order valence-corrected chi connectivity index (χ4v) is 1.66. The topological polar surface area (TPSA) is 62.2 Å². The van der Waals surface area contributed by atoms with Crippen molar-refractivity contribution >= 4 is 5.91 Å². The van der Waals surface area contributed by atoms with Gasteiger partial charge >= 0.3 is 0 Å². The number of pyridine rings is 1. The SMILES string of the molecule is O=C(NCCc1ccncc1)c1ccc(F)cc1O. The smallest absolute Gasteiger partial charge is 0.255 e. The number of halogens is 1. The Bertz CT molecular complexity index is 573. The van der Waals surface area contributed by atoms with Crippen LogP contribution in [0.5, 0.6) is 5.75 Å². The molecule has 0 saturated heterocycles. The van der Waals surface area contributed by atoms with Crippen LogP contribution >= 0.6 is 0 Å². The van der Waals surface area contributed by atoms with Gasteiger partial charge in [-0.3, -0.25) is 9.78 Å². The monoisotopic (exact) mass is 260 g/mol. The van der Waals surface area contributed by atoms with Crippen LogP contribution < -0.4 is 5.32 Å². The van der Waals surface area contributed by atoms with Crippen LogP contribution in [-0.2, 0) is 6.42 Å². The zero-order chi connectivity index (χ0) is 13.7. The second-order valence-electron chi connectivity index (χ2n) is 4.02. The van der Waals surface area contributed by atoms with Gasteiger partial charge in [0.05, 0.1) is 5.56 Å². The molecule has 0 spiro atoms. The number of nitrogens with one attached hydrogen (secondary N) is 1. The van der Waals surface area contributed by atoms with Crippen molar-refractivity contribution in [2.24, 2.45) is 0 Å². The molecule has 1 amide bonds. The largest absolute Gasteiger partial charge is 0.507 e. The van der Waals surface area contributed by atoms with Gasteiger partial charge in [-0.15, -0.1) is 0 Å². The summed E-state index contributed by atoms with van der Waals surface area (Å²) in [7, 11) is 0. The van der Waals surface area contributed by atoms with E-state index in [0.717, 1.165) is 17.7 Å². The number of hydrogen-bond donors (Lipinski definition) is 2. The summed E-state index contributed by atoms with van der Waals surface area (Å²) in [5.41, 5.74) is 1.12. The number of aromatic hydroxyl groups is 1. The van der Waals surface area contributed by atoms with Gasteiger partial charge in [-0.25, -0.2) is 4.39 Å². The average molecular weight is 260 g/mol. The molecule has 0 atom stereocenters. The molecule has 0 aliphatic heterocycles. The summed E-state index contributed by atoms with van der Waals surface area (Å²) in [6, 6.07) is 7.03. The molecule has 0 bridgehead atoms. The Balaban J connectivity index is 1.91. The highest BCUT2D eigenvalue weighted by molar-refractivity contribution is 5.96. The Kier molecular flexibility index (Phi) is 4.07. The molecule has 1 aromatic carbocycles. The maximum Gasteiger partial charge on any atom is 0.255 e. The van der Waals surface area contributed by atoms with E-state index in [4.69, 9.17) is 0 Å². The fraction of sp³-hybridized carbons (Fsp3) is 0.143. The summed E-state index contributed by atoms with van der Waals surface area (Å²) in [6.07, 6.45) is 4.03. The lowest BCUT2D eigenvalue weighted by Crippen LogP contribution is -2.25. The highest BCUT2D eigenvalue weighted by Gasteiger charge is 2.10. The minimum atomic E-state index is -0.578. The number of rotatable bonds is 4. The lowest BCUT2D eigenvalue weighted by atomic mass is 10.1. The molecule has 0 aliphatic rings. The lowest BCUT2D eigenvalue weighted by Gasteiger charge is -2.06. The number of benzene rings is 1. The van der Waals surface area contributed by atoms with Crippen molar-refractivity contribution in [2.75, 3.05) is 6.54 Å². The van der Waals surface area contributed by atoms with Crippen LogP contribution in [0.15, 0.2) is 42.7 Å². The molecule has 5 heteroatoms. The standard InChI is InChI=1S/C14H13FN2O2/c15-11-1-2-12(13(18)9-11)14(19)17-8-5-10-3-6-16-7-4-10/h1-4,6-7,9,18H,5,8H2,(H,17,19). The predicted molar refractivity (Wildman–Crippen MR) is 68.3 cm³/mol. The number of nitrogens with zero attached hydrogens (tertiary/aromatic N) is 1. The normalized spacial score (nSPS) is 10.2. The molecule has 0 aliphatic carbocycles. The Morgan fingerprint density at radius 1 is 1.26 bits per heavy atom. The molecule has 1 aromatic heterocycles. The molecular weight excluding hydrogens is 247 g/mol. The van der Waals surface area contributed by atoms with Crippen molar-refractivity contribution in [1.82, 2.24) is 10.3 Å². The minimum absolute atomic E-state index is 0.0659. The van der Waals surface area contributed by atoms with Crippen molar-refractivity contribution in [2.45, 2.75) is 6.42 Å². The molecule has 0 unspecified atom stereocenters. The van der Waals surface area contributed by atoms with Gasteiger partial charge in [-0.2, -0.15) is 0 Å². The third-order valence-electron chi connectivity index (χ3n) is 2.65. The number of hydrogen-bond acceptors (Lipinski definition) is 3. The maximum atomic E-state index is 12.8. The molecule has 19 heavy (non-hydrogen) atoms. The van der Waals surface area contributed by atoms with E-state index in [-0.39, 0.29) is 11.3 Å². The van der Waals surface area contributed by atoms with Gasteiger partial charge < -0.3 is 10.4 Å². The van der Waals surface area contributed by atoms with Crippen LogP contribution in [-0.4, -0.2) is 22.5 Å². The number of amides is 1. The second kappa shape index (κ2) is 5.95. The lowest BCUT2D eigenvalue weighted by molar-refractivity contribution is 0.0951. The van der Waals surface area contributed by atoms with Crippen LogP contribution in [0.3, 0.4) is 0 Å². The molecule has 0 radical (unpaired) electrons. The molecule has 98 valence electrons. The fourth-order valence-electron chi connectivity index (χ4n) is 1.66. The summed E-state index contributed by atoms with van der Waals surface area (Å²) in [5, 5.41) is 12.1. The Morgan fingerprint density at radius 2 is 2.00 bits per heavy atom. The summed E-state index contributed by atoms with van der Waals surface area (Å²) < 4.78 is 12.8. The summed E-state index contributed by atoms with van der Waals surface area (Å²) >= 11 is 0. The predicted octanol–water partition coefficient (Wildman–Crippen LogP) is 1.90. The van der Waals surface area contributed by atoms with Crippen molar-refractivity contribution < 1.29 is 14.3 Å². The maximum absolute atomic E-state index is 12.8. The molecular formula is C14H13FN2O2. The van der Waals surface area contributed by atoms with Crippen LogP contribution in [0.4, 0.5) is 4.39 Å². The van der Waals surface area contributed by atoms with E-state index in [1.807, 2.05) is 12.1 Å². The second-order valence-corrected chi connectivity index (χ2v) is 4.02. The quantitative estimate of drug-likeness (QED) is 0.882. The van der Waals surface area contributed by atoms with Gasteiger partial charge in [0.2, 0.25) is 0 Å². The van der Waals surface area contributed by atoms with Crippen molar-refractivity contribution in [3.8, 4) is 5.75 Å². The average Bonchev–Trinajstić information content (AvgIpc) is 2.39. The minimum Gasteiger partial charge on any atom is -0.507 e. The summed E-state index contributed by atoms with van der Waals surface area (Å²) in [5.74, 6) is -1.36. The zero-order valence-electron chi connectivity index (χ0n) is 10.1. The van der Waals surface area contributed by atoms with E-state index in [2.05, 4.69) is 10.3 Å². The van der Waals surface area contributed by atoms with E-state index in [9.17, 15) is 14.3 Å². The summed E-state index contributed by atoms with van der Waals surface area (Å²) in [6.45, 7) is 0.430.